The molecule has 24 heteroatoms. The van der Waals surface area contributed by atoms with Gasteiger partial charge in [0.25, 0.3) is 0 Å². The van der Waals surface area contributed by atoms with E-state index in [0.29, 0.717) is 11.4 Å². The van der Waals surface area contributed by atoms with Crippen LogP contribution in [0.25, 0.3) is 43.2 Å². The molecule has 0 amide bonds. The summed E-state index contributed by atoms with van der Waals surface area (Å²) in [4.78, 5) is 13.2. The van der Waals surface area contributed by atoms with Gasteiger partial charge in [-0.1, -0.05) is 84.9 Å². The molecule has 1 aromatic heterocycles. The van der Waals surface area contributed by atoms with Crippen LogP contribution >= 0.6 is 0 Å². The normalized spacial score (nSPS) is 11.8. The molecule has 0 radical (unpaired) electrons. The van der Waals surface area contributed by atoms with Gasteiger partial charge in [-0.15, -0.1) is 21.9 Å². The van der Waals surface area contributed by atoms with E-state index in [-0.39, 0.29) is 12.3 Å². The minimum absolute atomic E-state index is 0.0391. The number of aromatic nitrogens is 1. The summed E-state index contributed by atoms with van der Waals surface area (Å²) in [5.41, 5.74) is -12.7. The van der Waals surface area contributed by atoms with Crippen molar-refractivity contribution in [2.45, 2.75) is 6.54 Å². The Kier molecular flexibility index (Phi) is 13.9. The van der Waals surface area contributed by atoms with Crippen molar-refractivity contribution in [3.05, 3.63) is 243 Å². The van der Waals surface area contributed by atoms with Gasteiger partial charge < -0.3 is 4.74 Å². The van der Waals surface area contributed by atoms with Crippen LogP contribution in [0.2, 0.25) is 0 Å². The van der Waals surface area contributed by atoms with E-state index in [1.165, 1.54) is 26.9 Å². The molecule has 410 valence electrons. The van der Waals surface area contributed by atoms with Crippen LogP contribution in [0.1, 0.15) is 10.4 Å². The van der Waals surface area contributed by atoms with E-state index in [0.717, 1.165) is 22.0 Å². The predicted octanol–water partition coefficient (Wildman–Crippen LogP) is 13.5. The number of rotatable bonds is 9. The molecule has 0 unspecified atom stereocenters. The third kappa shape index (κ3) is 8.39. The fraction of sp³-hybridized carbons (Fsp3) is 0.0175. The number of benzene rings is 10. The van der Waals surface area contributed by atoms with E-state index in [2.05, 4.69) is 54.6 Å². The van der Waals surface area contributed by atoms with Gasteiger partial charge in [-0.3, -0.25) is 4.79 Å². The van der Waals surface area contributed by atoms with Crippen LogP contribution in [0.4, 0.5) is 87.8 Å². The number of para-hydroxylation sites is 1. The van der Waals surface area contributed by atoms with E-state index in [1.54, 1.807) is 0 Å². The number of fused-ring (bicyclic) bond motifs is 1. The number of Topliss-reactive ketones (excluding diaryl/α,β-unsaturated/α-hetero) is 1. The van der Waals surface area contributed by atoms with Crippen LogP contribution in [0.3, 0.4) is 0 Å². The predicted molar refractivity (Wildman–Crippen MR) is 254 cm³/mol. The maximum Gasteiger partial charge on any atom is 0.374 e. The second-order valence-corrected chi connectivity index (χ2v) is 17.9. The molecule has 0 saturated carbocycles. The third-order valence-electron chi connectivity index (χ3n) is 13.7. The summed E-state index contributed by atoms with van der Waals surface area (Å²) in [5.74, 6) is -70.0. The Morgan fingerprint density at radius 3 is 1.10 bits per heavy atom. The smallest absolute Gasteiger partial charge is 0.374 e. The first kappa shape index (κ1) is 55.1. The van der Waals surface area contributed by atoms with Crippen LogP contribution in [0, 0.1) is 116 Å². The van der Waals surface area contributed by atoms with Gasteiger partial charge in [0.15, 0.2) is 69.8 Å². The number of carbonyl (C=O) groups is 1. The van der Waals surface area contributed by atoms with Gasteiger partial charge in [0.2, 0.25) is 17.8 Å². The number of hydrogen-bond acceptors (Lipinski definition) is 2. The van der Waals surface area contributed by atoms with Crippen molar-refractivity contribution in [2.75, 3.05) is 0 Å². The Hall–Kier alpha value is -9.22. The fourth-order valence-corrected chi connectivity index (χ4v) is 10.1. The lowest BCUT2D eigenvalue weighted by Gasteiger charge is -2.44. The van der Waals surface area contributed by atoms with E-state index in [4.69, 9.17) is 4.74 Å². The Bertz CT molecular complexity index is 4050. The monoisotopic (exact) mass is 1140 g/mol. The van der Waals surface area contributed by atoms with Gasteiger partial charge in [0.05, 0.1) is 6.07 Å². The molecule has 0 spiro atoms. The highest BCUT2D eigenvalue weighted by Crippen LogP contribution is 2.40. The Balaban J connectivity index is 0.000000185. The molecule has 0 aliphatic carbocycles. The van der Waals surface area contributed by atoms with Crippen molar-refractivity contribution < 1.29 is 102 Å². The molecule has 0 bridgehead atoms. The molecule has 11 aromatic rings. The molecular formula is C57H22BF20NO2. The molecule has 0 atom stereocenters. The van der Waals surface area contributed by atoms with Gasteiger partial charge in [0, 0.05) is 27.8 Å². The molecule has 11 rings (SSSR count). The van der Waals surface area contributed by atoms with Gasteiger partial charge in [-0.2, -0.15) is 4.57 Å². The molecule has 0 N–H and O–H groups in total. The SMILES string of the molecule is Fc1c(F)c(F)c([B-](c2c(F)c(F)c(F)c(F)c2F)(c2c(F)c(F)c(F)c(F)c2F)c2c(F)c(F)c(F)c(F)c2F)c(F)c1F.O=C(C[n+]1c(Oc2ccc3ccc4cccc5ccc2c3c45)ccc2ccccc21)c1ccccc1. The van der Waals surface area contributed by atoms with Gasteiger partial charge in [-0.25, -0.2) is 87.8 Å². The first-order chi connectivity index (χ1) is 38.5. The van der Waals surface area contributed by atoms with Crippen molar-refractivity contribution in [1.82, 2.24) is 0 Å². The molecule has 10 aromatic carbocycles. The Morgan fingerprint density at radius 1 is 0.333 bits per heavy atom. The number of hydrogen-bond donors (Lipinski definition) is 0. The zero-order chi connectivity index (χ0) is 58.4. The van der Waals surface area contributed by atoms with Crippen LogP contribution in [-0.4, -0.2) is 11.9 Å². The number of pyridine rings is 1. The van der Waals surface area contributed by atoms with Crippen LogP contribution in [0.15, 0.2) is 121 Å². The van der Waals surface area contributed by atoms with Crippen molar-refractivity contribution in [1.29, 1.82) is 0 Å². The number of ketones is 1. The largest absolute Gasteiger partial charge is 0.404 e. The summed E-state index contributed by atoms with van der Waals surface area (Å²) in [7, 11) is 0. The molecule has 1 heterocycles. The van der Waals surface area contributed by atoms with Crippen molar-refractivity contribution in [3.63, 3.8) is 0 Å². The zero-order valence-electron chi connectivity index (χ0n) is 39.7. The molecule has 0 saturated heterocycles. The van der Waals surface area contributed by atoms with Gasteiger partial charge in [-0.05, 0) is 45.8 Å². The molecule has 0 aliphatic heterocycles. The summed E-state index contributed by atoms with van der Waals surface area (Å²) >= 11 is 0. The minimum atomic E-state index is -7.22. The Morgan fingerprint density at radius 2 is 0.667 bits per heavy atom. The molecule has 3 nitrogen and oxygen atoms in total. The molecular weight excluding hydrogens is 1120 g/mol. The average Bonchev–Trinajstić information content (AvgIpc) is 3.65. The summed E-state index contributed by atoms with van der Waals surface area (Å²) in [5, 5.41) is 8.20. The number of halogens is 20. The number of ether oxygens (including phenoxy) is 1. The van der Waals surface area contributed by atoms with Gasteiger partial charge in [0.1, 0.15) is 58.4 Å². The quantitative estimate of drug-likeness (QED) is 0.0274. The second kappa shape index (κ2) is 20.5. The lowest BCUT2D eigenvalue weighted by molar-refractivity contribution is -0.661. The average molecular weight is 1140 g/mol. The molecule has 81 heavy (non-hydrogen) atoms. The second-order valence-electron chi connectivity index (χ2n) is 17.9. The highest BCUT2D eigenvalue weighted by Gasteiger charge is 2.52. The molecule has 0 fully saturated rings. The maximum absolute atomic E-state index is 15.4. The summed E-state index contributed by atoms with van der Waals surface area (Å²) in [6.45, 7) is 0.187. The highest BCUT2D eigenvalue weighted by atomic mass is 19.2. The van der Waals surface area contributed by atoms with Crippen LogP contribution in [0.5, 0.6) is 11.6 Å². The number of nitrogens with zero attached hydrogens (tertiary/aromatic N) is 1. The lowest BCUT2D eigenvalue weighted by Crippen LogP contribution is -2.81. The first-order valence-electron chi connectivity index (χ1n) is 23.0. The topological polar surface area (TPSA) is 30.2 Å². The van der Waals surface area contributed by atoms with Crippen molar-refractivity contribution >= 4 is 77.0 Å². The summed E-state index contributed by atoms with van der Waals surface area (Å²) < 4.78 is 303. The third-order valence-corrected chi connectivity index (χ3v) is 13.7. The fourth-order valence-electron chi connectivity index (χ4n) is 10.1. The van der Waals surface area contributed by atoms with Crippen LogP contribution < -0.4 is 31.2 Å². The maximum atomic E-state index is 15.4. The lowest BCUT2D eigenvalue weighted by atomic mass is 9.12. The van der Waals surface area contributed by atoms with Crippen molar-refractivity contribution in [2.24, 2.45) is 0 Å². The molecule has 0 aliphatic rings. The first-order valence-corrected chi connectivity index (χ1v) is 23.0. The standard InChI is InChI=1S/C33H22NO2.C24BF20/c35-29(23-8-2-1-3-9-23)21-34-28-12-5-4-7-22(28)17-20-31(34)36-30-19-16-26-14-13-24-10-6-11-25-15-18-27(30)33(26)32(24)25;26-5-1(6(27)14(35)21(42)13(5)34)25(2-7(28)15(36)22(43)16(37)8(2)29,3-9(30)17(38)23(44)18(39)10(3)31)4-11(32)19(40)24(45)20(41)12(4)33/h1-20H,21H2;/q+1;-1. The van der Waals surface area contributed by atoms with Gasteiger partial charge >= 0.3 is 5.88 Å². The van der Waals surface area contributed by atoms with E-state index < -0.39 is 144 Å². The van der Waals surface area contributed by atoms with E-state index in [1.807, 2.05) is 71.3 Å². The zero-order valence-corrected chi connectivity index (χ0v) is 39.7. The Labute approximate surface area is 439 Å². The summed E-state index contributed by atoms with van der Waals surface area (Å²) in [6, 6.07) is 40.7. The highest BCUT2D eigenvalue weighted by molar-refractivity contribution is 7.20. The van der Waals surface area contributed by atoms with Crippen LogP contribution in [-0.2, 0) is 6.54 Å². The van der Waals surface area contributed by atoms with E-state index >= 15 is 35.1 Å². The minimum Gasteiger partial charge on any atom is -0.404 e. The number of carbonyl (C=O) groups excluding carboxylic acids is 1. The van der Waals surface area contributed by atoms with Crippen molar-refractivity contribution in [3.8, 4) is 11.6 Å². The van der Waals surface area contributed by atoms with E-state index in [9.17, 15) is 57.5 Å². The summed E-state index contributed by atoms with van der Waals surface area (Å²) in [6.07, 6.45) is -7.22.